The van der Waals surface area contributed by atoms with E-state index < -0.39 is 0 Å². The molecular weight excluding hydrogens is 260 g/mol. The van der Waals surface area contributed by atoms with Crippen molar-refractivity contribution in [2.24, 2.45) is 29.6 Å². The van der Waals surface area contributed by atoms with Crippen LogP contribution in [0.15, 0.2) is 0 Å². The van der Waals surface area contributed by atoms with E-state index in [1.807, 2.05) is 0 Å². The molecule has 0 aromatic rings. The highest BCUT2D eigenvalue weighted by atomic mass is 79.9. The lowest BCUT2D eigenvalue weighted by atomic mass is 9.78. The van der Waals surface area contributed by atoms with Gasteiger partial charge in [0.15, 0.2) is 0 Å². The average molecular weight is 285 g/mol. The molecule has 3 aliphatic carbocycles. The third-order valence-corrected chi connectivity index (χ3v) is 6.59. The summed E-state index contributed by atoms with van der Waals surface area (Å²) in [5.41, 5.74) is 0. The molecule has 2 bridgehead atoms. The van der Waals surface area contributed by atoms with Gasteiger partial charge in [-0.05, 0) is 55.3 Å². The summed E-state index contributed by atoms with van der Waals surface area (Å²) in [6, 6.07) is 0. The molecule has 0 heterocycles. The molecule has 0 amide bonds. The van der Waals surface area contributed by atoms with Crippen LogP contribution in [0.1, 0.15) is 57.8 Å². The van der Waals surface area contributed by atoms with Crippen molar-refractivity contribution in [3.63, 3.8) is 0 Å². The molecule has 0 N–H and O–H groups in total. The van der Waals surface area contributed by atoms with Crippen LogP contribution >= 0.6 is 15.9 Å². The van der Waals surface area contributed by atoms with Gasteiger partial charge in [0.2, 0.25) is 0 Å². The van der Waals surface area contributed by atoms with E-state index >= 15 is 0 Å². The topological polar surface area (TPSA) is 0 Å². The minimum atomic E-state index is 1.01. The van der Waals surface area contributed by atoms with Crippen LogP contribution in [0.4, 0.5) is 0 Å². The monoisotopic (exact) mass is 284 g/mol. The Morgan fingerprint density at radius 1 is 1.00 bits per heavy atom. The fourth-order valence-corrected chi connectivity index (χ4v) is 5.66. The molecular formula is C15H25Br. The Bertz CT molecular complexity index is 232. The highest BCUT2D eigenvalue weighted by molar-refractivity contribution is 9.09. The number of halogens is 1. The third kappa shape index (κ3) is 2.21. The average Bonchev–Trinajstić information content (AvgIpc) is 3.01. The van der Waals surface area contributed by atoms with Gasteiger partial charge in [0.1, 0.15) is 0 Å². The van der Waals surface area contributed by atoms with Crippen LogP contribution in [-0.4, -0.2) is 5.33 Å². The van der Waals surface area contributed by atoms with E-state index in [0.717, 1.165) is 29.6 Å². The van der Waals surface area contributed by atoms with Crippen molar-refractivity contribution in [1.29, 1.82) is 0 Å². The van der Waals surface area contributed by atoms with Gasteiger partial charge in [-0.15, -0.1) is 0 Å². The Morgan fingerprint density at radius 2 is 1.81 bits per heavy atom. The van der Waals surface area contributed by atoms with Crippen LogP contribution in [0.25, 0.3) is 0 Å². The molecule has 4 atom stereocenters. The Morgan fingerprint density at radius 3 is 2.38 bits per heavy atom. The van der Waals surface area contributed by atoms with Crippen LogP contribution < -0.4 is 0 Å². The van der Waals surface area contributed by atoms with Crippen molar-refractivity contribution >= 4 is 15.9 Å². The van der Waals surface area contributed by atoms with Gasteiger partial charge < -0.3 is 0 Å². The van der Waals surface area contributed by atoms with Crippen molar-refractivity contribution in [1.82, 2.24) is 0 Å². The molecule has 0 aliphatic heterocycles. The van der Waals surface area contributed by atoms with Gasteiger partial charge in [-0.3, -0.25) is 0 Å². The van der Waals surface area contributed by atoms with Crippen LogP contribution in [0.5, 0.6) is 0 Å². The number of alkyl halides is 1. The normalized spacial score (nSPS) is 40.7. The standard InChI is InChI=1S/C15H25Br/c16-10-15(12-3-1-2-4-12)9-14-8-11-5-6-13(14)7-11/h11-15H,1-10H2. The maximum absolute atomic E-state index is 3.79. The van der Waals surface area contributed by atoms with Crippen LogP contribution in [0.3, 0.4) is 0 Å². The zero-order chi connectivity index (χ0) is 11.0. The maximum atomic E-state index is 3.79. The van der Waals surface area contributed by atoms with E-state index in [1.165, 1.54) is 31.0 Å². The smallest absolute Gasteiger partial charge is 0.00624 e. The summed E-state index contributed by atoms with van der Waals surface area (Å²) in [5, 5.41) is 1.27. The second-order valence-electron chi connectivity index (χ2n) is 6.63. The molecule has 4 unspecified atom stereocenters. The molecule has 0 nitrogen and oxygen atoms in total. The van der Waals surface area contributed by atoms with Crippen LogP contribution in [0.2, 0.25) is 0 Å². The molecule has 0 aromatic carbocycles. The summed E-state index contributed by atoms with van der Waals surface area (Å²) in [4.78, 5) is 0. The van der Waals surface area contributed by atoms with Crippen LogP contribution in [0, 0.1) is 29.6 Å². The number of hydrogen-bond acceptors (Lipinski definition) is 0. The Kier molecular flexibility index (Phi) is 3.61. The molecule has 0 saturated heterocycles. The molecule has 1 heteroatoms. The third-order valence-electron chi connectivity index (χ3n) is 5.75. The van der Waals surface area contributed by atoms with Crippen molar-refractivity contribution in [2.75, 3.05) is 5.33 Å². The van der Waals surface area contributed by atoms with E-state index in [4.69, 9.17) is 0 Å². The lowest BCUT2D eigenvalue weighted by Crippen LogP contribution is -2.21. The summed E-state index contributed by atoms with van der Waals surface area (Å²) in [6.07, 6.45) is 13.9. The summed E-state index contributed by atoms with van der Waals surface area (Å²) in [6.45, 7) is 0. The van der Waals surface area contributed by atoms with Crippen molar-refractivity contribution in [2.45, 2.75) is 57.8 Å². The first-order valence-electron chi connectivity index (χ1n) is 7.42. The zero-order valence-corrected chi connectivity index (χ0v) is 11.9. The molecule has 3 fully saturated rings. The van der Waals surface area contributed by atoms with Gasteiger partial charge in [-0.1, -0.05) is 48.0 Å². The van der Waals surface area contributed by atoms with E-state index in [2.05, 4.69) is 15.9 Å². The van der Waals surface area contributed by atoms with Gasteiger partial charge in [0.25, 0.3) is 0 Å². The fourth-order valence-electron chi connectivity index (χ4n) is 4.86. The van der Waals surface area contributed by atoms with Crippen molar-refractivity contribution in [3.05, 3.63) is 0 Å². The minimum Gasteiger partial charge on any atom is -0.0925 e. The van der Waals surface area contributed by atoms with Gasteiger partial charge in [0, 0.05) is 5.33 Å². The molecule has 92 valence electrons. The van der Waals surface area contributed by atoms with E-state index in [1.54, 1.807) is 32.1 Å². The van der Waals surface area contributed by atoms with Gasteiger partial charge in [-0.25, -0.2) is 0 Å². The summed E-state index contributed by atoms with van der Waals surface area (Å²) in [5.74, 6) is 5.45. The minimum absolute atomic E-state index is 1.01. The van der Waals surface area contributed by atoms with Gasteiger partial charge in [0.05, 0.1) is 0 Å². The zero-order valence-electron chi connectivity index (χ0n) is 10.3. The molecule has 0 spiro atoms. The highest BCUT2D eigenvalue weighted by Gasteiger charge is 2.40. The summed E-state index contributed by atoms with van der Waals surface area (Å²) >= 11 is 3.79. The SMILES string of the molecule is BrCC(CC1CC2CCC1C2)C1CCCC1. The van der Waals surface area contributed by atoms with Crippen molar-refractivity contribution < 1.29 is 0 Å². The number of fused-ring (bicyclic) bond motifs is 2. The van der Waals surface area contributed by atoms with Crippen molar-refractivity contribution in [3.8, 4) is 0 Å². The second kappa shape index (κ2) is 5.00. The molecule has 3 saturated carbocycles. The summed E-state index contributed by atoms with van der Waals surface area (Å²) < 4.78 is 0. The summed E-state index contributed by atoms with van der Waals surface area (Å²) in [7, 11) is 0. The van der Waals surface area contributed by atoms with E-state index in [-0.39, 0.29) is 0 Å². The number of hydrogen-bond donors (Lipinski definition) is 0. The van der Waals surface area contributed by atoms with Gasteiger partial charge in [-0.2, -0.15) is 0 Å². The maximum Gasteiger partial charge on any atom is 0.00624 e. The molecule has 16 heavy (non-hydrogen) atoms. The Labute approximate surface area is 109 Å². The number of rotatable bonds is 4. The quantitative estimate of drug-likeness (QED) is 0.637. The molecule has 0 aromatic heterocycles. The first-order chi connectivity index (χ1) is 7.86. The fraction of sp³-hybridized carbons (Fsp3) is 1.00. The molecule has 0 radical (unpaired) electrons. The van der Waals surface area contributed by atoms with E-state index in [0.29, 0.717) is 0 Å². The first-order valence-corrected chi connectivity index (χ1v) is 8.55. The first kappa shape index (κ1) is 11.6. The highest BCUT2D eigenvalue weighted by Crippen LogP contribution is 2.51. The predicted octanol–water partition coefficient (Wildman–Crippen LogP) is 5.01. The predicted molar refractivity (Wildman–Crippen MR) is 72.8 cm³/mol. The lowest BCUT2D eigenvalue weighted by Gasteiger charge is -2.29. The van der Waals surface area contributed by atoms with E-state index in [9.17, 15) is 0 Å². The van der Waals surface area contributed by atoms with Gasteiger partial charge >= 0.3 is 0 Å². The Balaban J connectivity index is 1.55. The lowest BCUT2D eigenvalue weighted by molar-refractivity contribution is 0.235. The molecule has 3 aliphatic rings. The molecule has 3 rings (SSSR count). The van der Waals surface area contributed by atoms with Crippen LogP contribution in [-0.2, 0) is 0 Å². The largest absolute Gasteiger partial charge is 0.0925 e. The Hall–Kier alpha value is 0.480. The second-order valence-corrected chi connectivity index (χ2v) is 7.28.